The van der Waals surface area contributed by atoms with Gasteiger partial charge in [-0.2, -0.15) is 0 Å². The van der Waals surface area contributed by atoms with Crippen LogP contribution in [0.4, 0.5) is 5.13 Å². The van der Waals surface area contributed by atoms with Crippen LogP contribution in [0, 0.1) is 0 Å². The second kappa shape index (κ2) is 6.95. The number of thiazole rings is 2. The van der Waals surface area contributed by atoms with Gasteiger partial charge in [-0.1, -0.05) is 28.1 Å². The lowest BCUT2D eigenvalue weighted by Crippen LogP contribution is -2.07. The van der Waals surface area contributed by atoms with Crippen molar-refractivity contribution in [2.75, 3.05) is 5.32 Å². The van der Waals surface area contributed by atoms with E-state index < -0.39 is 0 Å². The van der Waals surface area contributed by atoms with Gasteiger partial charge in [0.05, 0.1) is 5.69 Å². The van der Waals surface area contributed by atoms with Crippen LogP contribution >= 0.6 is 38.6 Å². The Morgan fingerprint density at radius 3 is 3.00 bits per heavy atom. The lowest BCUT2D eigenvalue weighted by atomic mass is 10.2. The third-order valence-corrected chi connectivity index (χ3v) is 4.68. The molecular formula is C15H10BrN3OS2. The van der Waals surface area contributed by atoms with Crippen LogP contribution < -0.4 is 5.32 Å². The first-order chi connectivity index (χ1) is 10.7. The minimum atomic E-state index is -0.217. The molecule has 0 aliphatic carbocycles. The summed E-state index contributed by atoms with van der Waals surface area (Å²) in [5.74, 6) is -0.217. The fourth-order valence-electron chi connectivity index (χ4n) is 1.72. The van der Waals surface area contributed by atoms with E-state index in [1.165, 1.54) is 28.7 Å². The van der Waals surface area contributed by atoms with Crippen molar-refractivity contribution in [1.82, 2.24) is 9.97 Å². The highest BCUT2D eigenvalue weighted by Crippen LogP contribution is 2.26. The number of hydrogen-bond acceptors (Lipinski definition) is 5. The average molecular weight is 392 g/mol. The third-order valence-electron chi connectivity index (χ3n) is 2.68. The summed E-state index contributed by atoms with van der Waals surface area (Å²) in [7, 11) is 0. The van der Waals surface area contributed by atoms with Gasteiger partial charge in [0.15, 0.2) is 5.13 Å². The Balaban J connectivity index is 1.68. The van der Waals surface area contributed by atoms with Gasteiger partial charge >= 0.3 is 0 Å². The summed E-state index contributed by atoms with van der Waals surface area (Å²) in [6, 6.07) is 7.88. The second-order valence-electron chi connectivity index (χ2n) is 4.24. The molecule has 0 unspecified atom stereocenters. The number of hydrogen-bond donors (Lipinski definition) is 1. The average Bonchev–Trinajstić information content (AvgIpc) is 3.16. The van der Waals surface area contributed by atoms with Gasteiger partial charge in [-0.25, -0.2) is 9.97 Å². The first kappa shape index (κ1) is 15.1. The Morgan fingerprint density at radius 2 is 2.23 bits per heavy atom. The predicted molar refractivity (Wildman–Crippen MR) is 95.0 cm³/mol. The lowest BCUT2D eigenvalue weighted by molar-refractivity contribution is -0.111. The quantitative estimate of drug-likeness (QED) is 0.656. The van der Waals surface area contributed by atoms with Crippen LogP contribution in [-0.4, -0.2) is 15.9 Å². The maximum Gasteiger partial charge on any atom is 0.250 e. The molecule has 2 aromatic heterocycles. The number of amides is 1. The van der Waals surface area contributed by atoms with E-state index in [1.54, 1.807) is 12.3 Å². The first-order valence-corrected chi connectivity index (χ1v) is 8.86. The van der Waals surface area contributed by atoms with Crippen LogP contribution in [0.1, 0.15) is 5.01 Å². The summed E-state index contributed by atoms with van der Waals surface area (Å²) in [4.78, 5) is 20.4. The van der Waals surface area contributed by atoms with Gasteiger partial charge in [0, 0.05) is 33.1 Å². The normalized spacial score (nSPS) is 11.0. The number of aromatic nitrogens is 2. The zero-order valence-corrected chi connectivity index (χ0v) is 14.4. The number of anilines is 1. The molecule has 22 heavy (non-hydrogen) atoms. The number of rotatable bonds is 4. The van der Waals surface area contributed by atoms with Crippen molar-refractivity contribution in [1.29, 1.82) is 0 Å². The zero-order chi connectivity index (χ0) is 15.4. The molecule has 0 bridgehead atoms. The maximum absolute atomic E-state index is 11.8. The molecule has 4 nitrogen and oxygen atoms in total. The van der Waals surface area contributed by atoms with Crippen molar-refractivity contribution >= 4 is 55.7 Å². The molecule has 2 heterocycles. The second-order valence-corrected chi connectivity index (χ2v) is 6.94. The SMILES string of the molecule is O=C(/C=C/c1nccs1)Nc1nc(-c2cccc(Br)c2)cs1. The largest absolute Gasteiger partial charge is 0.298 e. The molecule has 0 aliphatic heterocycles. The highest BCUT2D eigenvalue weighted by Gasteiger charge is 2.06. The summed E-state index contributed by atoms with van der Waals surface area (Å²) in [6.45, 7) is 0. The number of halogens is 1. The van der Waals surface area contributed by atoms with Crippen LogP contribution in [0.2, 0.25) is 0 Å². The number of carbonyl (C=O) groups is 1. The van der Waals surface area contributed by atoms with E-state index in [0.717, 1.165) is 20.7 Å². The zero-order valence-electron chi connectivity index (χ0n) is 11.2. The summed E-state index contributed by atoms with van der Waals surface area (Å²) in [5.41, 5.74) is 1.84. The lowest BCUT2D eigenvalue weighted by Gasteiger charge is -1.97. The van der Waals surface area contributed by atoms with Crippen molar-refractivity contribution in [2.45, 2.75) is 0 Å². The minimum absolute atomic E-state index is 0.217. The van der Waals surface area contributed by atoms with Crippen molar-refractivity contribution in [3.05, 3.63) is 56.8 Å². The number of nitrogens with one attached hydrogen (secondary N) is 1. The first-order valence-electron chi connectivity index (χ1n) is 6.31. The molecule has 0 spiro atoms. The molecule has 1 amide bonds. The summed E-state index contributed by atoms with van der Waals surface area (Å²) >= 11 is 6.31. The van der Waals surface area contributed by atoms with Gasteiger partial charge in [-0.3, -0.25) is 10.1 Å². The van der Waals surface area contributed by atoms with E-state index in [0.29, 0.717) is 5.13 Å². The molecule has 1 N–H and O–H groups in total. The van der Waals surface area contributed by atoms with E-state index in [2.05, 4.69) is 31.2 Å². The molecule has 3 aromatic rings. The van der Waals surface area contributed by atoms with Gasteiger partial charge in [-0.15, -0.1) is 22.7 Å². The van der Waals surface area contributed by atoms with Gasteiger partial charge in [-0.05, 0) is 18.2 Å². The summed E-state index contributed by atoms with van der Waals surface area (Å²) in [5, 5.41) is 7.91. The van der Waals surface area contributed by atoms with Crippen LogP contribution in [0.5, 0.6) is 0 Å². The van der Waals surface area contributed by atoms with Gasteiger partial charge in [0.2, 0.25) is 5.91 Å². The summed E-state index contributed by atoms with van der Waals surface area (Å²) in [6.07, 6.45) is 4.84. The number of nitrogens with zero attached hydrogens (tertiary/aromatic N) is 2. The van der Waals surface area contributed by atoms with Gasteiger partial charge < -0.3 is 0 Å². The molecule has 1 aromatic carbocycles. The fourth-order valence-corrected chi connectivity index (χ4v) is 3.37. The molecule has 0 saturated heterocycles. The van der Waals surface area contributed by atoms with Crippen LogP contribution in [-0.2, 0) is 4.79 Å². The van der Waals surface area contributed by atoms with E-state index in [1.807, 2.05) is 35.0 Å². The molecule has 0 saturated carbocycles. The van der Waals surface area contributed by atoms with Crippen LogP contribution in [0.15, 0.2) is 51.8 Å². The highest BCUT2D eigenvalue weighted by atomic mass is 79.9. The summed E-state index contributed by atoms with van der Waals surface area (Å²) < 4.78 is 0.995. The van der Waals surface area contributed by atoms with Gasteiger partial charge in [0.25, 0.3) is 0 Å². The minimum Gasteiger partial charge on any atom is -0.298 e. The number of carbonyl (C=O) groups excluding carboxylic acids is 1. The molecule has 0 aliphatic rings. The van der Waals surface area contributed by atoms with Gasteiger partial charge in [0.1, 0.15) is 5.01 Å². The molecule has 0 fully saturated rings. The third kappa shape index (κ3) is 3.88. The standard InChI is InChI=1S/C15H10BrN3OS2/c16-11-3-1-2-10(8-11)12-9-22-15(18-12)19-13(20)4-5-14-17-6-7-21-14/h1-9H,(H,18,19,20)/b5-4+. The molecule has 3 rings (SSSR count). The monoisotopic (exact) mass is 391 g/mol. The Kier molecular flexibility index (Phi) is 4.77. The Hall–Kier alpha value is -1.83. The van der Waals surface area contributed by atoms with Crippen LogP contribution in [0.3, 0.4) is 0 Å². The van der Waals surface area contributed by atoms with E-state index >= 15 is 0 Å². The Bertz CT molecular complexity index is 812. The highest BCUT2D eigenvalue weighted by molar-refractivity contribution is 9.10. The molecule has 7 heteroatoms. The molecule has 0 atom stereocenters. The Morgan fingerprint density at radius 1 is 1.32 bits per heavy atom. The van der Waals surface area contributed by atoms with E-state index in [4.69, 9.17) is 0 Å². The maximum atomic E-state index is 11.8. The van der Waals surface area contributed by atoms with E-state index in [9.17, 15) is 4.79 Å². The molecule has 0 radical (unpaired) electrons. The topological polar surface area (TPSA) is 54.9 Å². The number of benzene rings is 1. The smallest absolute Gasteiger partial charge is 0.250 e. The van der Waals surface area contributed by atoms with E-state index in [-0.39, 0.29) is 5.91 Å². The van der Waals surface area contributed by atoms with Crippen molar-refractivity contribution < 1.29 is 4.79 Å². The Labute approximate surface area is 143 Å². The van der Waals surface area contributed by atoms with Crippen molar-refractivity contribution in [2.24, 2.45) is 0 Å². The van der Waals surface area contributed by atoms with Crippen molar-refractivity contribution in [3.63, 3.8) is 0 Å². The molecular weight excluding hydrogens is 382 g/mol. The van der Waals surface area contributed by atoms with Crippen molar-refractivity contribution in [3.8, 4) is 11.3 Å². The predicted octanol–water partition coefficient (Wildman–Crippen LogP) is 4.68. The van der Waals surface area contributed by atoms with Crippen LogP contribution in [0.25, 0.3) is 17.3 Å². The fraction of sp³-hybridized carbons (Fsp3) is 0. The molecule has 110 valence electrons.